The Morgan fingerprint density at radius 2 is 1.67 bits per heavy atom. The van der Waals surface area contributed by atoms with E-state index in [0.29, 0.717) is 0 Å². The number of hydrogen-bond acceptors (Lipinski definition) is 1. The molecule has 0 aromatic heterocycles. The largest absolute Gasteiger partial charge is 0.310 e. The minimum Gasteiger partial charge on any atom is -0.310 e. The monoisotopic (exact) mass is 293 g/mol. The number of nitrogens with one attached hydrogen (secondary N) is 1. The van der Waals surface area contributed by atoms with Crippen molar-refractivity contribution < 1.29 is 13.2 Å². The van der Waals surface area contributed by atoms with Crippen LogP contribution >= 0.6 is 0 Å². The summed E-state index contributed by atoms with van der Waals surface area (Å²) in [6.45, 7) is 4.80. The Kier molecular flexibility index (Phi) is 5.02. The molecule has 1 atom stereocenters. The van der Waals surface area contributed by atoms with E-state index in [-0.39, 0.29) is 17.2 Å². The molecule has 2 aromatic rings. The number of halogens is 3. The Labute approximate surface area is 122 Å². The molecule has 1 unspecified atom stereocenters. The van der Waals surface area contributed by atoms with Gasteiger partial charge in [0.15, 0.2) is 0 Å². The highest BCUT2D eigenvalue weighted by molar-refractivity contribution is 5.66. The van der Waals surface area contributed by atoms with Crippen LogP contribution in [0.2, 0.25) is 0 Å². The van der Waals surface area contributed by atoms with E-state index in [2.05, 4.69) is 5.32 Å². The summed E-state index contributed by atoms with van der Waals surface area (Å²) >= 11 is 0. The standard InChI is InChI=1S/C17H18F3N/c1-3-9-21-11(2)12-7-8-14(18)13(10-12)17-15(19)5-4-6-16(17)20/h4-8,10-11,21H,3,9H2,1-2H3. The van der Waals surface area contributed by atoms with Gasteiger partial charge >= 0.3 is 0 Å². The lowest BCUT2D eigenvalue weighted by atomic mass is 9.98. The average Bonchev–Trinajstić information content (AvgIpc) is 2.46. The molecule has 0 aliphatic carbocycles. The lowest BCUT2D eigenvalue weighted by Crippen LogP contribution is -2.19. The van der Waals surface area contributed by atoms with Crippen LogP contribution in [0.3, 0.4) is 0 Å². The van der Waals surface area contributed by atoms with Crippen LogP contribution in [0.4, 0.5) is 13.2 Å². The van der Waals surface area contributed by atoms with Crippen molar-refractivity contribution in [3.8, 4) is 11.1 Å². The summed E-state index contributed by atoms with van der Waals surface area (Å²) in [6.07, 6.45) is 0.973. The van der Waals surface area contributed by atoms with Crippen LogP contribution in [0.25, 0.3) is 11.1 Å². The first kappa shape index (κ1) is 15.6. The van der Waals surface area contributed by atoms with Crippen LogP contribution < -0.4 is 5.32 Å². The molecule has 21 heavy (non-hydrogen) atoms. The van der Waals surface area contributed by atoms with E-state index in [1.54, 1.807) is 6.07 Å². The van der Waals surface area contributed by atoms with Gasteiger partial charge in [0.2, 0.25) is 0 Å². The zero-order valence-corrected chi connectivity index (χ0v) is 12.1. The third kappa shape index (κ3) is 3.45. The predicted octanol–water partition coefficient (Wildman–Crippen LogP) is 4.83. The van der Waals surface area contributed by atoms with E-state index in [1.807, 2.05) is 13.8 Å². The van der Waals surface area contributed by atoms with E-state index in [0.717, 1.165) is 30.7 Å². The second-order valence-corrected chi connectivity index (χ2v) is 5.01. The summed E-state index contributed by atoms with van der Waals surface area (Å²) in [5.74, 6) is -2.16. The van der Waals surface area contributed by atoms with Crippen molar-refractivity contribution in [1.82, 2.24) is 5.32 Å². The maximum absolute atomic E-state index is 14.0. The molecule has 0 aliphatic heterocycles. The molecular formula is C17H18F3N. The van der Waals surface area contributed by atoms with E-state index in [1.165, 1.54) is 18.2 Å². The van der Waals surface area contributed by atoms with E-state index in [4.69, 9.17) is 0 Å². The molecule has 112 valence electrons. The van der Waals surface area contributed by atoms with Crippen LogP contribution in [0, 0.1) is 17.5 Å². The summed E-state index contributed by atoms with van der Waals surface area (Å²) < 4.78 is 41.6. The van der Waals surface area contributed by atoms with Gasteiger partial charge in [-0.15, -0.1) is 0 Å². The van der Waals surface area contributed by atoms with Gasteiger partial charge in [0.25, 0.3) is 0 Å². The summed E-state index contributed by atoms with van der Waals surface area (Å²) in [7, 11) is 0. The summed E-state index contributed by atoms with van der Waals surface area (Å²) in [4.78, 5) is 0. The molecule has 4 heteroatoms. The molecule has 0 saturated heterocycles. The number of benzene rings is 2. The fourth-order valence-corrected chi connectivity index (χ4v) is 2.24. The van der Waals surface area contributed by atoms with Crippen LogP contribution in [0.5, 0.6) is 0 Å². The molecule has 2 aromatic carbocycles. The quantitative estimate of drug-likeness (QED) is 0.832. The molecule has 0 spiro atoms. The maximum atomic E-state index is 14.0. The van der Waals surface area contributed by atoms with Crippen LogP contribution in [0.15, 0.2) is 36.4 Å². The van der Waals surface area contributed by atoms with Crippen molar-refractivity contribution in [2.24, 2.45) is 0 Å². The lowest BCUT2D eigenvalue weighted by molar-refractivity contribution is 0.565. The van der Waals surface area contributed by atoms with E-state index < -0.39 is 17.5 Å². The van der Waals surface area contributed by atoms with Gasteiger partial charge in [0, 0.05) is 11.6 Å². The third-order valence-corrected chi connectivity index (χ3v) is 3.42. The Morgan fingerprint density at radius 3 is 2.29 bits per heavy atom. The van der Waals surface area contributed by atoms with Crippen molar-refractivity contribution in [3.05, 3.63) is 59.4 Å². The van der Waals surface area contributed by atoms with Gasteiger partial charge in [-0.3, -0.25) is 0 Å². The normalized spacial score (nSPS) is 12.4. The molecule has 1 nitrogen and oxygen atoms in total. The van der Waals surface area contributed by atoms with Crippen molar-refractivity contribution >= 4 is 0 Å². The maximum Gasteiger partial charge on any atom is 0.134 e. The molecule has 0 saturated carbocycles. The van der Waals surface area contributed by atoms with Gasteiger partial charge in [0.1, 0.15) is 17.5 Å². The van der Waals surface area contributed by atoms with Gasteiger partial charge in [-0.25, -0.2) is 13.2 Å². The summed E-state index contributed by atoms with van der Waals surface area (Å²) in [5.41, 5.74) is 0.426. The van der Waals surface area contributed by atoms with Crippen LogP contribution in [0.1, 0.15) is 31.9 Å². The molecule has 0 radical (unpaired) electrons. The fourth-order valence-electron chi connectivity index (χ4n) is 2.24. The molecule has 0 fully saturated rings. The first-order chi connectivity index (χ1) is 10.0. The van der Waals surface area contributed by atoms with Gasteiger partial charge in [-0.2, -0.15) is 0 Å². The van der Waals surface area contributed by atoms with E-state index >= 15 is 0 Å². The molecule has 0 bridgehead atoms. The minimum absolute atomic E-state index is 0.0147. The zero-order valence-electron chi connectivity index (χ0n) is 12.1. The van der Waals surface area contributed by atoms with Gasteiger partial charge in [0.05, 0.1) is 5.56 Å². The van der Waals surface area contributed by atoms with Crippen molar-refractivity contribution in [3.63, 3.8) is 0 Å². The smallest absolute Gasteiger partial charge is 0.134 e. The molecular weight excluding hydrogens is 275 g/mol. The van der Waals surface area contributed by atoms with Crippen molar-refractivity contribution in [2.75, 3.05) is 6.54 Å². The highest BCUT2D eigenvalue weighted by atomic mass is 19.1. The van der Waals surface area contributed by atoms with Gasteiger partial charge < -0.3 is 5.32 Å². The van der Waals surface area contributed by atoms with Gasteiger partial charge in [-0.05, 0) is 49.7 Å². The summed E-state index contributed by atoms with van der Waals surface area (Å²) in [5, 5.41) is 3.27. The fraction of sp³-hybridized carbons (Fsp3) is 0.294. The Morgan fingerprint density at radius 1 is 1.00 bits per heavy atom. The number of rotatable bonds is 5. The van der Waals surface area contributed by atoms with Crippen LogP contribution in [-0.2, 0) is 0 Å². The Hall–Kier alpha value is -1.81. The van der Waals surface area contributed by atoms with Crippen molar-refractivity contribution in [1.29, 1.82) is 0 Å². The Bertz CT molecular complexity index is 605. The van der Waals surface area contributed by atoms with Crippen LogP contribution in [-0.4, -0.2) is 6.54 Å². The molecule has 2 rings (SSSR count). The highest BCUT2D eigenvalue weighted by Gasteiger charge is 2.16. The Balaban J connectivity index is 2.45. The van der Waals surface area contributed by atoms with E-state index in [9.17, 15) is 13.2 Å². The second-order valence-electron chi connectivity index (χ2n) is 5.01. The predicted molar refractivity (Wildman–Crippen MR) is 78.5 cm³/mol. The average molecular weight is 293 g/mol. The lowest BCUT2D eigenvalue weighted by Gasteiger charge is -2.16. The zero-order chi connectivity index (χ0) is 15.4. The minimum atomic E-state index is -0.764. The topological polar surface area (TPSA) is 12.0 Å². The van der Waals surface area contributed by atoms with Crippen molar-refractivity contribution in [2.45, 2.75) is 26.3 Å². The van der Waals surface area contributed by atoms with Gasteiger partial charge in [-0.1, -0.05) is 19.1 Å². The molecule has 0 heterocycles. The molecule has 0 amide bonds. The third-order valence-electron chi connectivity index (χ3n) is 3.42. The molecule has 0 aliphatic rings. The number of hydrogen-bond donors (Lipinski definition) is 1. The molecule has 1 N–H and O–H groups in total. The highest BCUT2D eigenvalue weighted by Crippen LogP contribution is 2.30. The SMILES string of the molecule is CCCNC(C)c1ccc(F)c(-c2c(F)cccc2F)c1. The second kappa shape index (κ2) is 6.76. The first-order valence-electron chi connectivity index (χ1n) is 7.01. The first-order valence-corrected chi connectivity index (χ1v) is 7.01. The summed E-state index contributed by atoms with van der Waals surface area (Å²) in [6, 6.07) is 7.89.